The molecule has 2 saturated heterocycles. The van der Waals surface area contributed by atoms with Crippen LogP contribution >= 0.6 is 11.6 Å². The summed E-state index contributed by atoms with van der Waals surface area (Å²) in [7, 11) is 0. The molecule has 0 amide bonds. The van der Waals surface area contributed by atoms with Crippen LogP contribution in [0.15, 0.2) is 30.7 Å². The highest BCUT2D eigenvalue weighted by Gasteiger charge is 2.33. The molecule has 3 fully saturated rings. The van der Waals surface area contributed by atoms with Crippen molar-refractivity contribution in [3.8, 4) is 5.69 Å². The Kier molecular flexibility index (Phi) is 3.17. The maximum atomic E-state index is 6.65. The normalized spacial score (nSPS) is 25.3. The molecule has 7 heteroatoms. The molecule has 6 nitrogen and oxygen atoms in total. The van der Waals surface area contributed by atoms with Crippen molar-refractivity contribution in [3.63, 3.8) is 0 Å². The van der Waals surface area contributed by atoms with Crippen molar-refractivity contribution in [3.05, 3.63) is 35.7 Å². The predicted molar refractivity (Wildman–Crippen MR) is 102 cm³/mol. The van der Waals surface area contributed by atoms with E-state index in [-0.39, 0.29) is 0 Å². The van der Waals surface area contributed by atoms with Crippen LogP contribution in [0.2, 0.25) is 5.02 Å². The number of hydrogen-bond donors (Lipinski definition) is 1. The van der Waals surface area contributed by atoms with Crippen molar-refractivity contribution in [2.24, 2.45) is 0 Å². The predicted octanol–water partition coefficient (Wildman–Crippen LogP) is 3.15. The van der Waals surface area contributed by atoms with E-state index in [1.165, 1.54) is 25.7 Å². The first-order valence-electron chi connectivity index (χ1n) is 9.47. The van der Waals surface area contributed by atoms with Gasteiger partial charge in [0.25, 0.3) is 0 Å². The fourth-order valence-corrected chi connectivity index (χ4v) is 4.74. The highest BCUT2D eigenvalue weighted by Crippen LogP contribution is 2.36. The van der Waals surface area contributed by atoms with Gasteiger partial charge in [0.1, 0.15) is 5.69 Å². The molecule has 3 aliphatic rings. The number of nitrogens with one attached hydrogen (secondary N) is 1. The third-order valence-corrected chi connectivity index (χ3v) is 6.25. The van der Waals surface area contributed by atoms with Crippen molar-refractivity contribution in [2.45, 2.75) is 43.8 Å². The molecule has 3 aromatic rings. The van der Waals surface area contributed by atoms with E-state index in [2.05, 4.69) is 37.4 Å². The molecule has 1 aliphatic carbocycles. The van der Waals surface area contributed by atoms with E-state index in [1.54, 1.807) is 0 Å². The van der Waals surface area contributed by atoms with E-state index >= 15 is 0 Å². The molecule has 6 rings (SSSR count). The molecule has 2 aliphatic heterocycles. The van der Waals surface area contributed by atoms with Crippen LogP contribution in [0, 0.1) is 0 Å². The van der Waals surface area contributed by atoms with Crippen LogP contribution < -0.4 is 10.2 Å². The molecule has 2 aromatic heterocycles. The highest BCUT2D eigenvalue weighted by molar-refractivity contribution is 6.34. The van der Waals surface area contributed by atoms with Gasteiger partial charge in [0.2, 0.25) is 0 Å². The first kappa shape index (κ1) is 15.1. The maximum Gasteiger partial charge on any atom is 0.103 e. The lowest BCUT2D eigenvalue weighted by atomic mass is 10.1. The largest absolute Gasteiger partial charge is 0.367 e. The minimum atomic E-state index is 0.576. The maximum absolute atomic E-state index is 6.65. The summed E-state index contributed by atoms with van der Waals surface area (Å²) in [6.07, 6.45) is 10.9. The average Bonchev–Trinajstić information content (AvgIpc) is 3.08. The van der Waals surface area contributed by atoms with Gasteiger partial charge in [-0.25, -0.2) is 4.68 Å². The van der Waals surface area contributed by atoms with E-state index in [0.717, 1.165) is 40.4 Å². The second-order valence-corrected chi connectivity index (χ2v) is 8.28. The monoisotopic (exact) mass is 368 g/mol. The van der Waals surface area contributed by atoms with Crippen LogP contribution in [0.1, 0.15) is 31.7 Å². The smallest absolute Gasteiger partial charge is 0.103 e. The Morgan fingerprint density at radius 3 is 2.58 bits per heavy atom. The summed E-state index contributed by atoms with van der Waals surface area (Å²) in [6, 6.07) is 5.99. The summed E-state index contributed by atoms with van der Waals surface area (Å²) in [5.74, 6) is 0. The van der Waals surface area contributed by atoms with Crippen LogP contribution in [0.25, 0.3) is 16.6 Å². The molecule has 0 spiro atoms. The lowest BCUT2D eigenvalue weighted by Crippen LogP contribution is -2.51. The summed E-state index contributed by atoms with van der Waals surface area (Å²) < 4.78 is 4.05. The molecular weight excluding hydrogens is 348 g/mol. The number of benzene rings is 1. The number of nitrogens with zero attached hydrogens (tertiary/aromatic N) is 5. The standard InChI is InChI=1S/C19H21ClN6/c20-17-5-12-7-22-26(16-8-21-25(11-16)15-3-4-15)18(12)6-19(17)24-9-13-1-2-14(10-24)23-13/h5-8,11,13-15,23H,1-4,9-10H2/t13-,14+. The molecule has 0 radical (unpaired) electrons. The van der Waals surface area contributed by atoms with Crippen molar-refractivity contribution in [1.82, 2.24) is 24.9 Å². The zero-order chi connectivity index (χ0) is 17.3. The van der Waals surface area contributed by atoms with Crippen LogP contribution in [0.5, 0.6) is 0 Å². The van der Waals surface area contributed by atoms with E-state index in [4.69, 9.17) is 11.6 Å². The molecule has 1 saturated carbocycles. The topological polar surface area (TPSA) is 50.9 Å². The molecule has 0 unspecified atom stereocenters. The van der Waals surface area contributed by atoms with Gasteiger partial charge in [0.15, 0.2) is 0 Å². The summed E-state index contributed by atoms with van der Waals surface area (Å²) >= 11 is 6.65. The number of rotatable bonds is 3. The van der Waals surface area contributed by atoms with Gasteiger partial charge in [-0.05, 0) is 37.8 Å². The molecule has 1 aromatic carbocycles. The Hall–Kier alpha value is -2.05. The molecule has 26 heavy (non-hydrogen) atoms. The van der Waals surface area contributed by atoms with Gasteiger partial charge in [-0.3, -0.25) is 4.68 Å². The zero-order valence-electron chi connectivity index (χ0n) is 14.5. The van der Waals surface area contributed by atoms with E-state index in [9.17, 15) is 0 Å². The minimum Gasteiger partial charge on any atom is -0.367 e. The Morgan fingerprint density at radius 2 is 1.81 bits per heavy atom. The van der Waals surface area contributed by atoms with E-state index in [0.29, 0.717) is 18.1 Å². The van der Waals surface area contributed by atoms with Gasteiger partial charge in [0.05, 0.1) is 40.9 Å². The molecule has 1 N–H and O–H groups in total. The second-order valence-electron chi connectivity index (χ2n) is 7.87. The second kappa shape index (κ2) is 5.47. The van der Waals surface area contributed by atoms with Gasteiger partial charge in [0, 0.05) is 30.6 Å². The lowest BCUT2D eigenvalue weighted by molar-refractivity contribution is 0.466. The number of fused-ring (bicyclic) bond motifs is 3. The third-order valence-electron chi connectivity index (χ3n) is 5.95. The SMILES string of the molecule is Clc1cc2cnn(-c3cnn(C4CC4)c3)c2cc1N1C[C@H]2CC[C@@H](C1)N2. The van der Waals surface area contributed by atoms with Crippen molar-refractivity contribution < 1.29 is 0 Å². The molecule has 2 atom stereocenters. The zero-order valence-corrected chi connectivity index (χ0v) is 15.2. The first-order chi connectivity index (χ1) is 12.7. The van der Waals surface area contributed by atoms with Gasteiger partial charge >= 0.3 is 0 Å². The number of anilines is 1. The van der Waals surface area contributed by atoms with Crippen LogP contribution in [0.4, 0.5) is 5.69 Å². The van der Waals surface area contributed by atoms with Crippen LogP contribution in [-0.2, 0) is 0 Å². The van der Waals surface area contributed by atoms with E-state index in [1.807, 2.05) is 23.1 Å². The Morgan fingerprint density at radius 1 is 1.00 bits per heavy atom. The fourth-order valence-electron chi connectivity index (χ4n) is 4.45. The van der Waals surface area contributed by atoms with Crippen LogP contribution in [0.3, 0.4) is 0 Å². The Balaban J connectivity index is 1.42. The number of halogens is 1. The molecular formula is C19H21ClN6. The minimum absolute atomic E-state index is 0.576. The van der Waals surface area contributed by atoms with Crippen molar-refractivity contribution >= 4 is 28.2 Å². The summed E-state index contributed by atoms with van der Waals surface area (Å²) in [5, 5.41) is 14.7. The summed E-state index contributed by atoms with van der Waals surface area (Å²) in [6.45, 7) is 2.05. The van der Waals surface area contributed by atoms with Gasteiger partial charge in [-0.2, -0.15) is 10.2 Å². The molecule has 134 valence electrons. The fraction of sp³-hybridized carbons (Fsp3) is 0.474. The van der Waals surface area contributed by atoms with Crippen molar-refractivity contribution in [2.75, 3.05) is 18.0 Å². The van der Waals surface area contributed by atoms with E-state index < -0.39 is 0 Å². The number of piperazine rings is 1. The first-order valence-corrected chi connectivity index (χ1v) is 9.85. The summed E-state index contributed by atoms with van der Waals surface area (Å²) in [5.41, 5.74) is 3.22. The highest BCUT2D eigenvalue weighted by atomic mass is 35.5. The summed E-state index contributed by atoms with van der Waals surface area (Å²) in [4.78, 5) is 2.44. The average molecular weight is 369 g/mol. The Labute approximate surface area is 156 Å². The van der Waals surface area contributed by atoms with Crippen molar-refractivity contribution in [1.29, 1.82) is 0 Å². The van der Waals surface area contributed by atoms with Gasteiger partial charge in [-0.15, -0.1) is 0 Å². The third kappa shape index (κ3) is 2.36. The lowest BCUT2D eigenvalue weighted by Gasteiger charge is -2.35. The molecule has 4 heterocycles. The van der Waals surface area contributed by atoms with Gasteiger partial charge < -0.3 is 10.2 Å². The van der Waals surface area contributed by atoms with Crippen LogP contribution in [-0.4, -0.2) is 44.7 Å². The Bertz CT molecular complexity index is 975. The van der Waals surface area contributed by atoms with Gasteiger partial charge in [-0.1, -0.05) is 11.6 Å². The number of hydrogen-bond acceptors (Lipinski definition) is 4. The quantitative estimate of drug-likeness (QED) is 0.771. The molecule has 2 bridgehead atoms. The number of aromatic nitrogens is 4.